The lowest BCUT2D eigenvalue weighted by atomic mass is 9.94. The SMILES string of the molecule is CCCC=CC(CCCCCC)CCC(OCC)(OCC)OCC. The van der Waals surface area contributed by atoms with Crippen LogP contribution in [-0.4, -0.2) is 25.8 Å². The highest BCUT2D eigenvalue weighted by Crippen LogP contribution is 2.27. The summed E-state index contributed by atoms with van der Waals surface area (Å²) in [5, 5.41) is 0. The van der Waals surface area contributed by atoms with Gasteiger partial charge in [0.25, 0.3) is 5.97 Å². The average Bonchev–Trinajstić information content (AvgIpc) is 2.57. The first kappa shape index (κ1) is 23.6. The summed E-state index contributed by atoms with van der Waals surface area (Å²) in [5.41, 5.74) is 0. The average molecular weight is 343 g/mol. The zero-order chi connectivity index (χ0) is 18.1. The minimum absolute atomic E-state index is 0.592. The fraction of sp³-hybridized carbons (Fsp3) is 0.905. The van der Waals surface area contributed by atoms with Crippen molar-refractivity contribution in [3.63, 3.8) is 0 Å². The number of hydrogen-bond donors (Lipinski definition) is 0. The molecule has 0 aromatic heterocycles. The van der Waals surface area contributed by atoms with Crippen molar-refractivity contribution in [3.05, 3.63) is 12.2 Å². The summed E-state index contributed by atoms with van der Waals surface area (Å²) in [6.45, 7) is 12.3. The lowest BCUT2D eigenvalue weighted by Gasteiger charge is -2.33. The third-order valence-electron chi connectivity index (χ3n) is 4.21. The molecule has 0 heterocycles. The van der Waals surface area contributed by atoms with E-state index in [2.05, 4.69) is 26.0 Å². The van der Waals surface area contributed by atoms with E-state index >= 15 is 0 Å². The molecule has 0 saturated heterocycles. The van der Waals surface area contributed by atoms with Crippen LogP contribution in [0.15, 0.2) is 12.2 Å². The van der Waals surface area contributed by atoms with Crippen LogP contribution >= 0.6 is 0 Å². The predicted molar refractivity (Wildman–Crippen MR) is 103 cm³/mol. The van der Waals surface area contributed by atoms with E-state index in [-0.39, 0.29) is 0 Å². The summed E-state index contributed by atoms with van der Waals surface area (Å²) >= 11 is 0. The number of hydrogen-bond acceptors (Lipinski definition) is 3. The van der Waals surface area contributed by atoms with Gasteiger partial charge in [-0.2, -0.15) is 0 Å². The Morgan fingerprint density at radius 3 is 1.88 bits per heavy atom. The van der Waals surface area contributed by atoms with Crippen molar-refractivity contribution in [2.45, 2.75) is 98.4 Å². The first-order valence-electron chi connectivity index (χ1n) is 10.3. The number of rotatable bonds is 17. The molecule has 3 heteroatoms. The van der Waals surface area contributed by atoms with Gasteiger partial charge in [0.2, 0.25) is 0 Å². The zero-order valence-electron chi connectivity index (χ0n) is 16.9. The largest absolute Gasteiger partial charge is 0.328 e. The van der Waals surface area contributed by atoms with Gasteiger partial charge >= 0.3 is 0 Å². The van der Waals surface area contributed by atoms with Crippen LogP contribution in [-0.2, 0) is 14.2 Å². The Morgan fingerprint density at radius 1 is 0.750 bits per heavy atom. The molecule has 24 heavy (non-hydrogen) atoms. The molecule has 1 unspecified atom stereocenters. The van der Waals surface area contributed by atoms with Crippen LogP contribution in [0.1, 0.15) is 92.4 Å². The van der Waals surface area contributed by atoms with Crippen molar-refractivity contribution >= 4 is 0 Å². The highest BCUT2D eigenvalue weighted by molar-refractivity contribution is 4.88. The highest BCUT2D eigenvalue weighted by atomic mass is 16.9. The Morgan fingerprint density at radius 2 is 1.38 bits per heavy atom. The third-order valence-corrected chi connectivity index (χ3v) is 4.21. The summed E-state index contributed by atoms with van der Waals surface area (Å²) < 4.78 is 17.6. The van der Waals surface area contributed by atoms with Gasteiger partial charge in [-0.15, -0.1) is 0 Å². The van der Waals surface area contributed by atoms with Gasteiger partial charge in [-0.05, 0) is 46.0 Å². The van der Waals surface area contributed by atoms with Gasteiger partial charge in [-0.1, -0.05) is 58.1 Å². The van der Waals surface area contributed by atoms with Crippen LogP contribution in [0.4, 0.5) is 0 Å². The first-order valence-corrected chi connectivity index (χ1v) is 10.3. The molecule has 0 aromatic rings. The molecule has 0 saturated carbocycles. The molecule has 0 aromatic carbocycles. The molecule has 0 radical (unpaired) electrons. The van der Waals surface area contributed by atoms with Crippen molar-refractivity contribution in [1.82, 2.24) is 0 Å². The molecule has 0 fully saturated rings. The lowest BCUT2D eigenvalue weighted by molar-refractivity contribution is -0.380. The number of ether oxygens (including phenoxy) is 3. The minimum atomic E-state index is -0.863. The second-order valence-electron chi connectivity index (χ2n) is 6.35. The molecule has 144 valence electrons. The Kier molecular flexibility index (Phi) is 15.9. The smallest absolute Gasteiger partial charge is 0.282 e. The van der Waals surface area contributed by atoms with Gasteiger partial charge in [0, 0.05) is 26.2 Å². The molecule has 0 bridgehead atoms. The van der Waals surface area contributed by atoms with Crippen molar-refractivity contribution in [1.29, 1.82) is 0 Å². The molecule has 0 amide bonds. The Bertz CT molecular complexity index is 272. The van der Waals surface area contributed by atoms with Crippen LogP contribution in [0, 0.1) is 5.92 Å². The third kappa shape index (κ3) is 11.2. The second kappa shape index (κ2) is 16.1. The maximum Gasteiger partial charge on any atom is 0.282 e. The van der Waals surface area contributed by atoms with E-state index in [1.54, 1.807) is 0 Å². The summed E-state index contributed by atoms with van der Waals surface area (Å²) in [7, 11) is 0. The van der Waals surface area contributed by atoms with E-state index in [4.69, 9.17) is 14.2 Å². The van der Waals surface area contributed by atoms with Crippen molar-refractivity contribution in [2.75, 3.05) is 19.8 Å². The van der Waals surface area contributed by atoms with Gasteiger partial charge in [-0.3, -0.25) is 0 Å². The molecule has 0 spiro atoms. The molecule has 1 atom stereocenters. The Balaban J connectivity index is 4.68. The van der Waals surface area contributed by atoms with Gasteiger partial charge in [0.05, 0.1) is 0 Å². The molecule has 0 aliphatic carbocycles. The standard InChI is InChI=1S/C21H42O3/c1-6-11-13-15-17-20(16-14-12-7-2)18-19-21(22-8-3,23-9-4)24-10-5/h14,16,20H,6-13,15,17-19H2,1-5H3. The van der Waals surface area contributed by atoms with Gasteiger partial charge in [0.15, 0.2) is 0 Å². The van der Waals surface area contributed by atoms with E-state index in [0.29, 0.717) is 25.7 Å². The van der Waals surface area contributed by atoms with Crippen LogP contribution < -0.4 is 0 Å². The highest BCUT2D eigenvalue weighted by Gasteiger charge is 2.32. The van der Waals surface area contributed by atoms with Crippen molar-refractivity contribution < 1.29 is 14.2 Å². The lowest BCUT2D eigenvalue weighted by Crippen LogP contribution is -2.40. The molecule has 0 rings (SSSR count). The Labute approximate surface area is 151 Å². The maximum atomic E-state index is 5.86. The molecule has 0 aliphatic rings. The Hall–Kier alpha value is -0.380. The summed E-state index contributed by atoms with van der Waals surface area (Å²) in [4.78, 5) is 0. The second-order valence-corrected chi connectivity index (χ2v) is 6.35. The van der Waals surface area contributed by atoms with Crippen LogP contribution in [0.25, 0.3) is 0 Å². The van der Waals surface area contributed by atoms with Crippen LogP contribution in [0.3, 0.4) is 0 Å². The van der Waals surface area contributed by atoms with Crippen molar-refractivity contribution in [3.8, 4) is 0 Å². The number of unbranched alkanes of at least 4 members (excludes halogenated alkanes) is 4. The zero-order valence-corrected chi connectivity index (χ0v) is 16.9. The quantitative estimate of drug-likeness (QED) is 0.172. The van der Waals surface area contributed by atoms with E-state index in [1.807, 2.05) is 20.8 Å². The van der Waals surface area contributed by atoms with E-state index in [9.17, 15) is 0 Å². The van der Waals surface area contributed by atoms with Crippen LogP contribution in [0.5, 0.6) is 0 Å². The normalized spacial score (nSPS) is 13.7. The summed E-state index contributed by atoms with van der Waals surface area (Å²) in [6.07, 6.45) is 15.5. The fourth-order valence-electron chi connectivity index (χ4n) is 2.99. The number of allylic oxidation sites excluding steroid dienone is 2. The van der Waals surface area contributed by atoms with Gasteiger partial charge in [0.1, 0.15) is 0 Å². The van der Waals surface area contributed by atoms with Gasteiger partial charge in [-0.25, -0.2) is 0 Å². The van der Waals surface area contributed by atoms with E-state index < -0.39 is 5.97 Å². The molecular formula is C21H42O3. The van der Waals surface area contributed by atoms with E-state index in [0.717, 1.165) is 12.8 Å². The molecular weight excluding hydrogens is 300 g/mol. The molecule has 0 aliphatic heterocycles. The molecule has 0 N–H and O–H groups in total. The first-order chi connectivity index (χ1) is 11.7. The topological polar surface area (TPSA) is 27.7 Å². The molecule has 3 nitrogen and oxygen atoms in total. The summed E-state index contributed by atoms with van der Waals surface area (Å²) in [6, 6.07) is 0. The van der Waals surface area contributed by atoms with E-state index in [1.165, 1.54) is 44.9 Å². The van der Waals surface area contributed by atoms with Crippen LogP contribution in [0.2, 0.25) is 0 Å². The fourth-order valence-corrected chi connectivity index (χ4v) is 2.99. The maximum absolute atomic E-state index is 5.86. The summed E-state index contributed by atoms with van der Waals surface area (Å²) in [5.74, 6) is -0.271. The minimum Gasteiger partial charge on any atom is -0.328 e. The predicted octanol–water partition coefficient (Wildman–Crippen LogP) is 6.47. The van der Waals surface area contributed by atoms with Gasteiger partial charge < -0.3 is 14.2 Å². The van der Waals surface area contributed by atoms with Crippen molar-refractivity contribution in [2.24, 2.45) is 5.92 Å². The monoisotopic (exact) mass is 342 g/mol.